The molecule has 1 aliphatic carbocycles. The molecular formula is C25H30F3N5O. The van der Waals surface area contributed by atoms with Crippen LogP contribution < -0.4 is 16.4 Å². The van der Waals surface area contributed by atoms with E-state index in [2.05, 4.69) is 22.2 Å². The molecule has 1 aromatic carbocycles. The number of nitrogens with one attached hydrogen (secondary N) is 2. The van der Waals surface area contributed by atoms with Crippen LogP contribution in [0.15, 0.2) is 60.9 Å². The maximum absolute atomic E-state index is 12.7. The van der Waals surface area contributed by atoms with Gasteiger partial charge in [0.15, 0.2) is 11.5 Å². The summed E-state index contributed by atoms with van der Waals surface area (Å²) in [4.78, 5) is 14.7. The van der Waals surface area contributed by atoms with Crippen LogP contribution in [0.5, 0.6) is 0 Å². The molecule has 1 fully saturated rings. The number of halogens is 3. The largest absolute Gasteiger partial charge is 0.434 e. The van der Waals surface area contributed by atoms with Gasteiger partial charge < -0.3 is 16.4 Å². The summed E-state index contributed by atoms with van der Waals surface area (Å²) in [6.07, 6.45) is 0.334. The highest BCUT2D eigenvalue weighted by molar-refractivity contribution is 5.94. The summed E-state index contributed by atoms with van der Waals surface area (Å²) in [5.41, 5.74) is 7.76. The first-order valence-electron chi connectivity index (χ1n) is 11.1. The maximum Gasteiger partial charge on any atom is 0.434 e. The number of carbonyl (C=O) groups is 1. The monoisotopic (exact) mass is 473 g/mol. The van der Waals surface area contributed by atoms with Crippen molar-refractivity contribution in [2.24, 2.45) is 5.73 Å². The molecule has 2 aromatic heterocycles. The number of benzene rings is 1. The summed E-state index contributed by atoms with van der Waals surface area (Å²) in [6.45, 7) is 7.16. The Balaban J connectivity index is 0.000000215. The minimum absolute atomic E-state index is 0.0744. The van der Waals surface area contributed by atoms with E-state index in [1.165, 1.54) is 4.40 Å². The molecule has 0 saturated heterocycles. The highest BCUT2D eigenvalue weighted by Crippen LogP contribution is 2.30. The number of pyridine rings is 1. The maximum atomic E-state index is 12.7. The Morgan fingerprint density at radius 2 is 1.79 bits per heavy atom. The normalized spacial score (nSPS) is 18.1. The van der Waals surface area contributed by atoms with Crippen LogP contribution in [0.4, 0.5) is 24.7 Å². The van der Waals surface area contributed by atoms with Crippen LogP contribution in [0.3, 0.4) is 0 Å². The summed E-state index contributed by atoms with van der Waals surface area (Å²) in [5, 5.41) is 6.36. The summed E-state index contributed by atoms with van der Waals surface area (Å²) in [5.74, 6) is 0.710. The van der Waals surface area contributed by atoms with Crippen molar-refractivity contribution in [1.29, 1.82) is 0 Å². The molecule has 3 aromatic rings. The molecular weight excluding hydrogens is 443 g/mol. The van der Waals surface area contributed by atoms with E-state index in [-0.39, 0.29) is 17.9 Å². The van der Waals surface area contributed by atoms with E-state index in [4.69, 9.17) is 5.73 Å². The van der Waals surface area contributed by atoms with Crippen molar-refractivity contribution in [2.75, 3.05) is 10.6 Å². The number of allylic oxidation sites excluding steroid dienone is 1. The molecule has 2 heterocycles. The average Bonchev–Trinajstić information content (AvgIpc) is 3.22. The predicted octanol–water partition coefficient (Wildman–Crippen LogP) is 5.87. The zero-order chi connectivity index (χ0) is 24.9. The Kier molecular flexibility index (Phi) is 7.98. The molecule has 1 saturated carbocycles. The lowest BCUT2D eigenvalue weighted by molar-refractivity contribution is -0.140. The lowest BCUT2D eigenvalue weighted by atomic mass is 9.92. The number of nitrogens with zero attached hydrogens (tertiary/aromatic N) is 2. The fourth-order valence-electron chi connectivity index (χ4n) is 3.80. The third kappa shape index (κ3) is 6.84. The number of hydrogen-bond donors (Lipinski definition) is 3. The first-order chi connectivity index (χ1) is 16.0. The number of aromatic nitrogens is 2. The van der Waals surface area contributed by atoms with Crippen molar-refractivity contribution in [1.82, 2.24) is 9.38 Å². The molecule has 0 bridgehead atoms. The van der Waals surface area contributed by atoms with E-state index in [0.29, 0.717) is 17.0 Å². The van der Waals surface area contributed by atoms with Gasteiger partial charge in [-0.2, -0.15) is 13.2 Å². The molecule has 6 nitrogen and oxygen atoms in total. The standard InChI is InChI=1S/C14H17F3N4.C11H13NO/c15-14(16,17)11-8-21-12(2-1-3-13(21)20-11)19-10-6-4-9(18)5-7-10;1-8(2)12-11-6-4-5-10(7-11)9(3)13/h1-3,8-10,19H,4-7,18H2;4-7,12H,1H2,2-3H3. The van der Waals surface area contributed by atoms with Gasteiger partial charge in [0.2, 0.25) is 0 Å². The van der Waals surface area contributed by atoms with Gasteiger partial charge in [0.25, 0.3) is 0 Å². The van der Waals surface area contributed by atoms with Gasteiger partial charge in [-0.25, -0.2) is 4.98 Å². The quantitative estimate of drug-likeness (QED) is 0.404. The first-order valence-corrected chi connectivity index (χ1v) is 11.1. The number of imidazole rings is 1. The predicted molar refractivity (Wildman–Crippen MR) is 129 cm³/mol. The van der Waals surface area contributed by atoms with Crippen LogP contribution in [0.25, 0.3) is 5.65 Å². The number of ketones is 1. The Bertz CT molecular complexity index is 1150. The molecule has 9 heteroatoms. The van der Waals surface area contributed by atoms with Gasteiger partial charge in [-0.1, -0.05) is 24.8 Å². The Morgan fingerprint density at radius 3 is 2.41 bits per heavy atom. The minimum atomic E-state index is -4.43. The number of nitrogens with two attached hydrogens (primary N) is 1. The van der Waals surface area contributed by atoms with Crippen LogP contribution in [0, 0.1) is 0 Å². The molecule has 0 unspecified atom stereocenters. The van der Waals surface area contributed by atoms with Gasteiger partial charge in [0, 0.05) is 35.2 Å². The summed E-state index contributed by atoms with van der Waals surface area (Å²) in [7, 11) is 0. The van der Waals surface area contributed by atoms with E-state index in [1.54, 1.807) is 31.2 Å². The first kappa shape index (κ1) is 25.3. The van der Waals surface area contributed by atoms with Gasteiger partial charge in [-0.3, -0.25) is 9.20 Å². The number of hydrogen-bond acceptors (Lipinski definition) is 5. The van der Waals surface area contributed by atoms with E-state index in [0.717, 1.165) is 43.3 Å². The fourth-order valence-corrected chi connectivity index (χ4v) is 3.80. The van der Waals surface area contributed by atoms with Crippen molar-refractivity contribution in [3.63, 3.8) is 0 Å². The molecule has 0 amide bonds. The SMILES string of the molecule is C=C(C)Nc1cccc(C(C)=O)c1.NC1CCC(Nc2cccc3nc(C(F)(F)F)cn23)CC1. The second-order valence-electron chi connectivity index (χ2n) is 8.56. The molecule has 0 spiro atoms. The third-order valence-corrected chi connectivity index (χ3v) is 5.53. The molecule has 1 aliphatic rings. The van der Waals surface area contributed by atoms with E-state index in [9.17, 15) is 18.0 Å². The van der Waals surface area contributed by atoms with E-state index < -0.39 is 11.9 Å². The van der Waals surface area contributed by atoms with Crippen LogP contribution in [0.2, 0.25) is 0 Å². The van der Waals surface area contributed by atoms with Crippen molar-refractivity contribution >= 4 is 22.9 Å². The Labute approximate surface area is 197 Å². The third-order valence-electron chi connectivity index (χ3n) is 5.53. The highest BCUT2D eigenvalue weighted by Gasteiger charge is 2.34. The Morgan fingerprint density at radius 1 is 1.12 bits per heavy atom. The zero-order valence-corrected chi connectivity index (χ0v) is 19.3. The van der Waals surface area contributed by atoms with Crippen LogP contribution in [-0.4, -0.2) is 27.3 Å². The van der Waals surface area contributed by atoms with Crippen LogP contribution in [-0.2, 0) is 6.18 Å². The summed E-state index contributed by atoms with van der Waals surface area (Å²) >= 11 is 0. The molecule has 0 radical (unpaired) electrons. The molecule has 0 atom stereocenters. The zero-order valence-electron chi connectivity index (χ0n) is 19.3. The number of anilines is 2. The fraction of sp³-hybridized carbons (Fsp3) is 0.360. The smallest absolute Gasteiger partial charge is 0.368 e. The van der Waals surface area contributed by atoms with Crippen molar-refractivity contribution < 1.29 is 18.0 Å². The van der Waals surface area contributed by atoms with E-state index in [1.807, 2.05) is 25.1 Å². The van der Waals surface area contributed by atoms with Gasteiger partial charge >= 0.3 is 6.18 Å². The second kappa shape index (κ2) is 10.7. The number of alkyl halides is 3. The molecule has 182 valence electrons. The molecule has 4 rings (SSSR count). The van der Waals surface area contributed by atoms with Gasteiger partial charge in [-0.15, -0.1) is 0 Å². The molecule has 34 heavy (non-hydrogen) atoms. The van der Waals surface area contributed by atoms with E-state index >= 15 is 0 Å². The van der Waals surface area contributed by atoms with Crippen molar-refractivity contribution in [3.8, 4) is 0 Å². The van der Waals surface area contributed by atoms with Gasteiger partial charge in [0.05, 0.1) is 0 Å². The number of Topliss-reactive ketones (excluding diaryl/α,β-unsaturated/α-hetero) is 1. The van der Waals surface area contributed by atoms with Crippen LogP contribution in [0.1, 0.15) is 55.6 Å². The lowest BCUT2D eigenvalue weighted by Crippen LogP contribution is -2.33. The van der Waals surface area contributed by atoms with Gasteiger partial charge in [0.1, 0.15) is 11.5 Å². The topological polar surface area (TPSA) is 84.5 Å². The second-order valence-corrected chi connectivity index (χ2v) is 8.56. The van der Waals surface area contributed by atoms with Crippen molar-refractivity contribution in [3.05, 3.63) is 72.2 Å². The van der Waals surface area contributed by atoms with Crippen LogP contribution >= 0.6 is 0 Å². The highest BCUT2D eigenvalue weighted by atomic mass is 19.4. The lowest BCUT2D eigenvalue weighted by Gasteiger charge is -2.27. The number of rotatable bonds is 5. The van der Waals surface area contributed by atoms with Crippen molar-refractivity contribution in [2.45, 2.75) is 57.8 Å². The number of carbonyl (C=O) groups excluding carboxylic acids is 1. The Hall–Kier alpha value is -3.33. The average molecular weight is 474 g/mol. The molecule has 0 aliphatic heterocycles. The number of fused-ring (bicyclic) bond motifs is 1. The van der Waals surface area contributed by atoms with Gasteiger partial charge in [-0.05, 0) is 63.8 Å². The molecule has 4 N–H and O–H groups in total. The minimum Gasteiger partial charge on any atom is -0.368 e. The summed E-state index contributed by atoms with van der Waals surface area (Å²) < 4.78 is 39.7. The summed E-state index contributed by atoms with van der Waals surface area (Å²) in [6, 6.07) is 12.9.